The summed E-state index contributed by atoms with van der Waals surface area (Å²) in [5, 5.41) is 11.5. The maximum absolute atomic E-state index is 11.5. The summed E-state index contributed by atoms with van der Waals surface area (Å²) in [6.45, 7) is 0. The Kier molecular flexibility index (Phi) is 5.37. The smallest absolute Gasteiger partial charge is 0.269 e. The summed E-state index contributed by atoms with van der Waals surface area (Å²) < 4.78 is 0. The lowest BCUT2D eigenvalue weighted by Crippen LogP contribution is -2.68. The summed E-state index contributed by atoms with van der Waals surface area (Å²) in [5.41, 5.74) is 6.08. The van der Waals surface area contributed by atoms with Crippen molar-refractivity contribution in [2.45, 2.75) is 17.5 Å². The molecule has 1 saturated heterocycles. The van der Waals surface area contributed by atoms with Crippen LogP contribution in [0.2, 0.25) is 0 Å². The van der Waals surface area contributed by atoms with Crippen LogP contribution in [0.1, 0.15) is 39.9 Å². The number of amidine groups is 1. The van der Waals surface area contributed by atoms with Crippen molar-refractivity contribution >= 4 is 17.2 Å². The number of fused-ring (bicyclic) bond motifs is 2. The second-order valence-corrected chi connectivity index (χ2v) is 10.0. The highest BCUT2D eigenvalue weighted by Gasteiger charge is 2.64. The Morgan fingerprint density at radius 2 is 1.18 bits per heavy atom. The molecule has 0 aromatic heterocycles. The number of aliphatic imine (C=N–C) groups is 1. The number of nitro groups is 1. The molecule has 39 heavy (non-hydrogen) atoms. The van der Waals surface area contributed by atoms with E-state index in [1.807, 2.05) is 36.4 Å². The third-order valence-electron chi connectivity index (χ3n) is 8.01. The fourth-order valence-electron chi connectivity index (χ4n) is 6.40. The first-order chi connectivity index (χ1) is 19.2. The lowest BCUT2D eigenvalue weighted by Gasteiger charge is -2.63. The molecule has 0 radical (unpaired) electrons. The normalized spacial score (nSPS) is 18.8. The van der Waals surface area contributed by atoms with E-state index in [1.54, 1.807) is 12.1 Å². The molecule has 2 aliphatic rings. The number of benzene rings is 5. The van der Waals surface area contributed by atoms with Crippen LogP contribution in [0.25, 0.3) is 0 Å². The second-order valence-electron chi connectivity index (χ2n) is 10.0. The van der Waals surface area contributed by atoms with Gasteiger partial charge in [0.25, 0.3) is 5.69 Å². The minimum atomic E-state index is -0.584. The number of nitrogens with zero attached hydrogens (tertiary/aromatic N) is 3. The highest BCUT2D eigenvalue weighted by atomic mass is 16.6. The van der Waals surface area contributed by atoms with Gasteiger partial charge < -0.3 is 4.90 Å². The van der Waals surface area contributed by atoms with Gasteiger partial charge in [0.2, 0.25) is 0 Å². The first-order valence-electron chi connectivity index (χ1n) is 13.1. The number of nitro benzene ring substituents is 1. The van der Waals surface area contributed by atoms with Gasteiger partial charge in [0.15, 0.2) is 0 Å². The summed E-state index contributed by atoms with van der Waals surface area (Å²) >= 11 is 0. The average molecular weight is 508 g/mol. The molecular formula is C34H25N3O2. The van der Waals surface area contributed by atoms with Crippen LogP contribution in [0.3, 0.4) is 0 Å². The van der Waals surface area contributed by atoms with Crippen molar-refractivity contribution in [3.05, 3.63) is 177 Å². The fraction of sp³-hybridized carbons (Fsp3) is 0.0882. The molecule has 0 spiro atoms. The second kappa shape index (κ2) is 9.07. The number of para-hydroxylation sites is 1. The molecule has 1 fully saturated rings. The van der Waals surface area contributed by atoms with Crippen molar-refractivity contribution in [3.63, 3.8) is 0 Å². The molecule has 2 atom stereocenters. The van der Waals surface area contributed by atoms with Crippen LogP contribution < -0.4 is 0 Å². The van der Waals surface area contributed by atoms with Gasteiger partial charge in [-0.15, -0.1) is 0 Å². The zero-order valence-corrected chi connectivity index (χ0v) is 21.1. The van der Waals surface area contributed by atoms with Gasteiger partial charge >= 0.3 is 0 Å². The lowest BCUT2D eigenvalue weighted by molar-refractivity contribution is -0.384. The van der Waals surface area contributed by atoms with Gasteiger partial charge in [0.05, 0.1) is 22.7 Å². The van der Waals surface area contributed by atoms with E-state index in [2.05, 4.69) is 95.9 Å². The topological polar surface area (TPSA) is 58.7 Å². The van der Waals surface area contributed by atoms with Crippen molar-refractivity contribution in [3.8, 4) is 0 Å². The Bertz CT molecular complexity index is 1640. The van der Waals surface area contributed by atoms with Crippen LogP contribution in [0.15, 0.2) is 145 Å². The van der Waals surface area contributed by atoms with E-state index in [4.69, 9.17) is 4.99 Å². The number of hydrogen-bond acceptors (Lipinski definition) is 4. The van der Waals surface area contributed by atoms with Crippen molar-refractivity contribution in [1.29, 1.82) is 0 Å². The quantitative estimate of drug-likeness (QED) is 0.180. The van der Waals surface area contributed by atoms with Gasteiger partial charge in [0, 0.05) is 17.7 Å². The summed E-state index contributed by atoms with van der Waals surface area (Å²) in [4.78, 5) is 18.9. The standard InChI is InChI=1S/C34H25N3O2/c38-37(39)28-22-20-25(21-23-28)32-34(26-14-6-2-7-15-26,27-16-8-3-9-17-27)33-35-30-19-11-10-18-29(30)31(36(32)33)24-12-4-1-5-13-24/h1-23,31-32H/t31-,32-/m1/s1. The van der Waals surface area contributed by atoms with Crippen LogP contribution in [0, 0.1) is 10.1 Å². The van der Waals surface area contributed by atoms with E-state index >= 15 is 0 Å². The number of rotatable bonds is 5. The minimum Gasteiger partial charge on any atom is -0.339 e. The van der Waals surface area contributed by atoms with E-state index in [1.165, 1.54) is 5.56 Å². The van der Waals surface area contributed by atoms with Crippen molar-refractivity contribution < 1.29 is 4.92 Å². The highest BCUT2D eigenvalue weighted by Crippen LogP contribution is 2.62. The molecule has 188 valence electrons. The molecule has 5 nitrogen and oxygen atoms in total. The van der Waals surface area contributed by atoms with Crippen molar-refractivity contribution in [1.82, 2.24) is 4.90 Å². The number of non-ortho nitro benzene ring substituents is 1. The molecule has 5 heteroatoms. The Hall–Kier alpha value is -5.03. The van der Waals surface area contributed by atoms with Gasteiger partial charge in [0.1, 0.15) is 11.3 Å². The zero-order valence-electron chi connectivity index (χ0n) is 21.1. The molecule has 7 rings (SSSR count). The van der Waals surface area contributed by atoms with E-state index in [0.717, 1.165) is 33.8 Å². The fourth-order valence-corrected chi connectivity index (χ4v) is 6.40. The molecule has 2 heterocycles. The highest BCUT2D eigenvalue weighted by molar-refractivity contribution is 6.07. The lowest BCUT2D eigenvalue weighted by atomic mass is 9.58. The molecule has 0 N–H and O–H groups in total. The Labute approximate surface area is 226 Å². The zero-order chi connectivity index (χ0) is 26.4. The molecule has 5 aromatic rings. The summed E-state index contributed by atoms with van der Waals surface area (Å²) in [7, 11) is 0. The summed E-state index contributed by atoms with van der Waals surface area (Å²) in [5.74, 6) is 0.982. The maximum atomic E-state index is 11.5. The first-order valence-corrected chi connectivity index (χ1v) is 13.1. The third kappa shape index (κ3) is 3.43. The molecular weight excluding hydrogens is 482 g/mol. The van der Waals surface area contributed by atoms with Crippen molar-refractivity contribution in [2.24, 2.45) is 4.99 Å². The van der Waals surface area contributed by atoms with Crippen LogP contribution in [0.5, 0.6) is 0 Å². The summed E-state index contributed by atoms with van der Waals surface area (Å²) in [6.07, 6.45) is 0. The Morgan fingerprint density at radius 3 is 1.77 bits per heavy atom. The SMILES string of the molecule is O=[N+]([O-])c1ccc([C@H]2N3C(=Nc4ccccc4[C@H]3c3ccccc3)C2(c2ccccc2)c2ccccc2)cc1. The molecule has 2 aliphatic heterocycles. The largest absolute Gasteiger partial charge is 0.339 e. The first kappa shape index (κ1) is 23.1. The monoisotopic (exact) mass is 507 g/mol. The molecule has 0 unspecified atom stereocenters. The van der Waals surface area contributed by atoms with E-state index in [-0.39, 0.29) is 22.7 Å². The molecule has 0 aliphatic carbocycles. The van der Waals surface area contributed by atoms with Crippen LogP contribution >= 0.6 is 0 Å². The van der Waals surface area contributed by atoms with Crippen LogP contribution in [-0.2, 0) is 5.41 Å². The van der Waals surface area contributed by atoms with Gasteiger partial charge in [-0.05, 0) is 28.3 Å². The van der Waals surface area contributed by atoms with Crippen molar-refractivity contribution in [2.75, 3.05) is 0 Å². The predicted octanol–water partition coefficient (Wildman–Crippen LogP) is 7.77. The van der Waals surface area contributed by atoms with Gasteiger partial charge in [-0.3, -0.25) is 10.1 Å². The minimum absolute atomic E-state index is 0.0596. The Balaban J connectivity index is 1.55. The predicted molar refractivity (Wildman–Crippen MR) is 153 cm³/mol. The Morgan fingerprint density at radius 1 is 0.641 bits per heavy atom. The molecule has 0 amide bonds. The van der Waals surface area contributed by atoms with Crippen LogP contribution in [0.4, 0.5) is 11.4 Å². The average Bonchev–Trinajstić information content (AvgIpc) is 2.99. The van der Waals surface area contributed by atoms with Gasteiger partial charge in [-0.25, -0.2) is 4.99 Å². The van der Waals surface area contributed by atoms with E-state index in [9.17, 15) is 10.1 Å². The van der Waals surface area contributed by atoms with Gasteiger partial charge in [-0.2, -0.15) is 0 Å². The van der Waals surface area contributed by atoms with E-state index < -0.39 is 5.41 Å². The van der Waals surface area contributed by atoms with Crippen LogP contribution in [-0.4, -0.2) is 15.7 Å². The van der Waals surface area contributed by atoms with Gasteiger partial charge in [-0.1, -0.05) is 121 Å². The van der Waals surface area contributed by atoms with E-state index in [0.29, 0.717) is 0 Å². The molecule has 0 saturated carbocycles. The number of hydrogen-bond donors (Lipinski definition) is 0. The maximum Gasteiger partial charge on any atom is 0.269 e. The molecule has 5 aromatic carbocycles. The third-order valence-corrected chi connectivity index (χ3v) is 8.01. The summed E-state index contributed by atoms with van der Waals surface area (Å²) in [6, 6.07) is 46.7. The molecule has 0 bridgehead atoms.